The van der Waals surface area contributed by atoms with Crippen LogP contribution in [0.15, 0.2) is 18.5 Å². The number of nitrogens with one attached hydrogen (secondary N) is 1. The minimum absolute atomic E-state index is 0.00255. The van der Waals surface area contributed by atoms with Gasteiger partial charge in [0.25, 0.3) is 5.91 Å². The number of hydrogen-bond acceptors (Lipinski definition) is 5. The van der Waals surface area contributed by atoms with E-state index in [9.17, 15) is 4.79 Å². The maximum Gasteiger partial charge on any atom is 0.266 e. The maximum absolute atomic E-state index is 12.2. The van der Waals surface area contributed by atoms with E-state index in [0.29, 0.717) is 43.9 Å². The molecule has 1 aromatic rings. The molecule has 106 valence electrons. The summed E-state index contributed by atoms with van der Waals surface area (Å²) in [6.45, 7) is 2.56. The number of aromatic nitrogens is 1. The molecule has 0 aliphatic carbocycles. The monoisotopic (exact) mass is 275 g/mol. The summed E-state index contributed by atoms with van der Waals surface area (Å²) in [5.41, 5.74) is 3.88. The third-order valence-corrected chi connectivity index (χ3v) is 2.80. The van der Waals surface area contributed by atoms with Gasteiger partial charge in [-0.1, -0.05) is 11.8 Å². The van der Waals surface area contributed by atoms with Crippen molar-refractivity contribution in [3.63, 3.8) is 0 Å². The summed E-state index contributed by atoms with van der Waals surface area (Å²) in [6, 6.07) is 1.64. The molecule has 1 saturated heterocycles. The van der Waals surface area contributed by atoms with Gasteiger partial charge >= 0.3 is 0 Å². The van der Waals surface area contributed by atoms with Crippen LogP contribution in [-0.2, 0) is 4.74 Å². The highest BCUT2D eigenvalue weighted by atomic mass is 16.5. The van der Waals surface area contributed by atoms with Crippen molar-refractivity contribution in [2.75, 3.05) is 32.9 Å². The number of carbonyl (C=O) groups excluding carboxylic acids is 1. The number of hydrogen-bond donors (Lipinski definition) is 2. The van der Waals surface area contributed by atoms with Gasteiger partial charge in [0.2, 0.25) is 0 Å². The zero-order chi connectivity index (χ0) is 14.2. The molecule has 1 amide bonds. The maximum atomic E-state index is 12.2. The van der Waals surface area contributed by atoms with Crippen molar-refractivity contribution >= 4 is 5.91 Å². The van der Waals surface area contributed by atoms with Gasteiger partial charge in [-0.3, -0.25) is 15.2 Å². The van der Waals surface area contributed by atoms with Gasteiger partial charge in [-0.15, -0.1) is 0 Å². The van der Waals surface area contributed by atoms with Crippen LogP contribution in [0.3, 0.4) is 0 Å². The summed E-state index contributed by atoms with van der Waals surface area (Å²) in [7, 11) is 0. The summed E-state index contributed by atoms with van der Waals surface area (Å²) in [5.74, 6) is 5.45. The van der Waals surface area contributed by atoms with Gasteiger partial charge in [-0.05, 0) is 6.07 Å². The number of pyridine rings is 1. The predicted octanol–water partition coefficient (Wildman–Crippen LogP) is -0.208. The fourth-order valence-corrected chi connectivity index (χ4v) is 1.78. The van der Waals surface area contributed by atoms with Crippen molar-refractivity contribution in [2.24, 2.45) is 0 Å². The molecule has 20 heavy (non-hydrogen) atoms. The lowest BCUT2D eigenvalue weighted by molar-refractivity contribution is 0.0126. The largest absolute Gasteiger partial charge is 0.395 e. The van der Waals surface area contributed by atoms with E-state index in [1.807, 2.05) is 5.01 Å². The molecule has 2 heterocycles. The first-order valence-corrected chi connectivity index (χ1v) is 6.48. The number of aliphatic hydroxyl groups excluding tert-OH is 1. The Hall–Kier alpha value is -1.94. The number of nitrogens with zero attached hydrogens (tertiary/aromatic N) is 2. The number of ether oxygens (including phenoxy) is 1. The lowest BCUT2D eigenvalue weighted by atomic mass is 10.1. The molecular formula is C14H17N3O3. The van der Waals surface area contributed by atoms with Crippen LogP contribution in [0.4, 0.5) is 0 Å². The van der Waals surface area contributed by atoms with E-state index in [0.717, 1.165) is 0 Å². The topological polar surface area (TPSA) is 74.7 Å². The molecule has 1 aromatic heterocycles. The Balaban J connectivity index is 2.07. The highest BCUT2D eigenvalue weighted by Crippen LogP contribution is 2.06. The highest BCUT2D eigenvalue weighted by Gasteiger charge is 2.16. The van der Waals surface area contributed by atoms with Gasteiger partial charge in [0.05, 0.1) is 30.9 Å². The Morgan fingerprint density at radius 3 is 3.05 bits per heavy atom. The molecule has 0 unspecified atom stereocenters. The molecular weight excluding hydrogens is 258 g/mol. The van der Waals surface area contributed by atoms with Crippen molar-refractivity contribution in [1.82, 2.24) is 15.4 Å². The molecule has 1 aliphatic heterocycles. The van der Waals surface area contributed by atoms with E-state index < -0.39 is 0 Å². The Morgan fingerprint density at radius 1 is 1.50 bits per heavy atom. The number of amides is 1. The molecule has 0 bridgehead atoms. The number of morpholine rings is 1. The van der Waals surface area contributed by atoms with Crippen LogP contribution in [0.25, 0.3) is 0 Å². The molecule has 0 spiro atoms. The predicted molar refractivity (Wildman–Crippen MR) is 72.7 cm³/mol. The molecule has 0 aromatic carbocycles. The van der Waals surface area contributed by atoms with Crippen LogP contribution in [0.5, 0.6) is 0 Å². The fraction of sp³-hybridized carbons (Fsp3) is 0.429. The normalized spacial score (nSPS) is 15.2. The molecule has 1 fully saturated rings. The second kappa shape index (κ2) is 7.60. The van der Waals surface area contributed by atoms with Gasteiger partial charge in [0, 0.05) is 31.9 Å². The molecule has 2 N–H and O–H groups in total. The first-order valence-electron chi connectivity index (χ1n) is 6.48. The summed E-state index contributed by atoms with van der Waals surface area (Å²) >= 11 is 0. The Bertz CT molecular complexity index is 516. The zero-order valence-electron chi connectivity index (χ0n) is 11.1. The minimum atomic E-state index is -0.206. The van der Waals surface area contributed by atoms with Crippen molar-refractivity contribution < 1.29 is 14.6 Å². The molecule has 6 heteroatoms. The lowest BCUT2D eigenvalue weighted by Gasteiger charge is -2.27. The van der Waals surface area contributed by atoms with Crippen molar-refractivity contribution in [1.29, 1.82) is 0 Å². The summed E-state index contributed by atoms with van der Waals surface area (Å²) < 4.78 is 5.23. The third kappa shape index (κ3) is 4.03. The van der Waals surface area contributed by atoms with Crippen LogP contribution in [0.2, 0.25) is 0 Å². The second-order valence-electron chi connectivity index (χ2n) is 4.24. The second-order valence-corrected chi connectivity index (χ2v) is 4.24. The van der Waals surface area contributed by atoms with Crippen molar-refractivity contribution in [2.45, 2.75) is 6.42 Å². The van der Waals surface area contributed by atoms with E-state index in [-0.39, 0.29) is 12.5 Å². The van der Waals surface area contributed by atoms with Crippen LogP contribution >= 0.6 is 0 Å². The Kier molecular flexibility index (Phi) is 5.50. The summed E-state index contributed by atoms with van der Waals surface area (Å²) in [5, 5.41) is 10.6. The Labute approximate surface area is 117 Å². The summed E-state index contributed by atoms with van der Waals surface area (Å²) in [6.07, 6.45) is 3.49. The zero-order valence-corrected chi connectivity index (χ0v) is 11.1. The number of hydrazine groups is 1. The Morgan fingerprint density at radius 2 is 2.30 bits per heavy atom. The van der Waals surface area contributed by atoms with Crippen LogP contribution in [-0.4, -0.2) is 53.9 Å². The van der Waals surface area contributed by atoms with Gasteiger partial charge in [0.1, 0.15) is 0 Å². The van der Waals surface area contributed by atoms with Gasteiger partial charge in [0.15, 0.2) is 0 Å². The highest BCUT2D eigenvalue weighted by molar-refractivity contribution is 5.96. The lowest BCUT2D eigenvalue weighted by Crippen LogP contribution is -2.48. The first kappa shape index (κ1) is 14.5. The van der Waals surface area contributed by atoms with Crippen molar-refractivity contribution in [3.8, 4) is 11.8 Å². The SMILES string of the molecule is O=C(NN1CCOCC1)c1ccncc1C#CCCO. The fourth-order valence-electron chi connectivity index (χ4n) is 1.78. The quantitative estimate of drug-likeness (QED) is 0.747. The van der Waals surface area contributed by atoms with Crippen LogP contribution in [0.1, 0.15) is 22.3 Å². The van der Waals surface area contributed by atoms with Gasteiger partial charge < -0.3 is 9.84 Å². The van der Waals surface area contributed by atoms with Crippen LogP contribution in [0, 0.1) is 11.8 Å². The molecule has 0 atom stereocenters. The molecule has 0 saturated carbocycles. The average Bonchev–Trinajstić information content (AvgIpc) is 2.49. The van der Waals surface area contributed by atoms with E-state index in [2.05, 4.69) is 22.3 Å². The smallest absolute Gasteiger partial charge is 0.266 e. The number of rotatable bonds is 3. The molecule has 0 radical (unpaired) electrons. The van der Waals surface area contributed by atoms with Gasteiger partial charge in [-0.2, -0.15) is 0 Å². The first-order chi connectivity index (χ1) is 9.81. The molecule has 2 rings (SSSR count). The van der Waals surface area contributed by atoms with Crippen molar-refractivity contribution in [3.05, 3.63) is 29.6 Å². The van der Waals surface area contributed by atoms with E-state index in [1.165, 1.54) is 0 Å². The minimum Gasteiger partial charge on any atom is -0.395 e. The van der Waals surface area contributed by atoms with Gasteiger partial charge in [-0.25, -0.2) is 5.01 Å². The van der Waals surface area contributed by atoms with E-state index in [1.54, 1.807) is 18.5 Å². The average molecular weight is 275 g/mol. The molecule has 6 nitrogen and oxygen atoms in total. The summed E-state index contributed by atoms with van der Waals surface area (Å²) in [4.78, 5) is 16.2. The van der Waals surface area contributed by atoms with E-state index >= 15 is 0 Å². The van der Waals surface area contributed by atoms with Crippen LogP contribution < -0.4 is 5.43 Å². The van der Waals surface area contributed by atoms with E-state index in [4.69, 9.17) is 9.84 Å². The number of aliphatic hydroxyl groups is 1. The third-order valence-electron chi connectivity index (χ3n) is 2.80. The molecule has 1 aliphatic rings. The standard InChI is InChI=1S/C14H17N3O3/c18-8-2-1-3-12-11-15-5-4-13(12)14(19)16-17-6-9-20-10-7-17/h4-5,11,18H,2,6-10H2,(H,16,19). The number of carbonyl (C=O) groups is 1.